The van der Waals surface area contributed by atoms with E-state index >= 15 is 0 Å². The Bertz CT molecular complexity index is 293. The lowest BCUT2D eigenvalue weighted by molar-refractivity contribution is -0.170. The second kappa shape index (κ2) is 6.49. The fraction of sp³-hybridized carbons (Fsp3) is 0.818. The number of carbonyl (C=O) groups excluding carboxylic acids is 2. The first-order valence-electron chi connectivity index (χ1n) is 5.72. The second-order valence-electron chi connectivity index (χ2n) is 3.85. The molecule has 1 aliphatic heterocycles. The van der Waals surface area contributed by atoms with Crippen LogP contribution in [0, 0.1) is 0 Å². The van der Waals surface area contributed by atoms with E-state index in [1.807, 2.05) is 0 Å². The Morgan fingerprint density at radius 3 is 1.78 bits per heavy atom. The first-order valence-corrected chi connectivity index (χ1v) is 6.84. The van der Waals surface area contributed by atoms with Crippen molar-refractivity contribution >= 4 is 27.9 Å². The highest BCUT2D eigenvalue weighted by Crippen LogP contribution is 2.31. The summed E-state index contributed by atoms with van der Waals surface area (Å²) in [6.45, 7) is 5.40. The number of alkyl halides is 1. The normalized spacial score (nSPS) is 25.8. The van der Waals surface area contributed by atoms with Crippen molar-refractivity contribution in [3.05, 3.63) is 0 Å². The van der Waals surface area contributed by atoms with Crippen molar-refractivity contribution in [2.24, 2.45) is 0 Å². The van der Waals surface area contributed by atoms with Crippen LogP contribution in [0.3, 0.4) is 0 Å². The topological polar surface area (TPSA) is 71.1 Å². The Hall–Kier alpha value is -0.660. The Morgan fingerprint density at radius 2 is 1.50 bits per heavy atom. The van der Waals surface area contributed by atoms with Gasteiger partial charge in [0, 0.05) is 0 Å². The van der Waals surface area contributed by atoms with Gasteiger partial charge in [-0.3, -0.25) is 0 Å². The third-order valence-electron chi connectivity index (χ3n) is 2.31. The monoisotopic (exact) mass is 324 g/mol. The van der Waals surface area contributed by atoms with Gasteiger partial charge in [-0.1, -0.05) is 15.9 Å². The van der Waals surface area contributed by atoms with Gasteiger partial charge in [-0.25, -0.2) is 9.59 Å². The Labute approximate surface area is 114 Å². The number of ether oxygens (including phenoxy) is 4. The van der Waals surface area contributed by atoms with Gasteiger partial charge in [0.15, 0.2) is 18.0 Å². The summed E-state index contributed by atoms with van der Waals surface area (Å²) in [6, 6.07) is 0. The SMILES string of the molecule is CCOC(=O)[C@@H]1OC(C)(CBr)O[C@H]1C(=O)OCC. The van der Waals surface area contributed by atoms with Crippen LogP contribution in [-0.2, 0) is 28.5 Å². The molecule has 0 radical (unpaired) electrons. The Balaban J connectivity index is 2.83. The third kappa shape index (κ3) is 3.43. The maximum Gasteiger partial charge on any atom is 0.338 e. The van der Waals surface area contributed by atoms with E-state index in [1.54, 1.807) is 20.8 Å². The van der Waals surface area contributed by atoms with Crippen LogP contribution < -0.4 is 0 Å². The molecular weight excluding hydrogens is 308 g/mol. The summed E-state index contributed by atoms with van der Waals surface area (Å²) in [5.74, 6) is -2.30. The molecule has 0 aliphatic carbocycles. The van der Waals surface area contributed by atoms with Crippen LogP contribution in [0.1, 0.15) is 20.8 Å². The number of carbonyl (C=O) groups is 2. The standard InChI is InChI=1S/C11H17BrO6/c1-4-15-9(13)7-8(10(14)16-5-2)18-11(3,6-12)17-7/h7-8H,4-6H2,1-3H3/t7-,8-/m1/s1. The number of rotatable bonds is 5. The van der Waals surface area contributed by atoms with Gasteiger partial charge in [0.2, 0.25) is 0 Å². The maximum absolute atomic E-state index is 11.7. The molecular formula is C11H17BrO6. The average molecular weight is 325 g/mol. The van der Waals surface area contributed by atoms with Gasteiger partial charge in [-0.05, 0) is 20.8 Å². The molecule has 1 heterocycles. The molecule has 0 bridgehead atoms. The van der Waals surface area contributed by atoms with Gasteiger partial charge in [0.1, 0.15) is 0 Å². The van der Waals surface area contributed by atoms with E-state index in [0.717, 1.165) is 0 Å². The molecule has 0 aromatic carbocycles. The van der Waals surface area contributed by atoms with Crippen LogP contribution in [0.4, 0.5) is 0 Å². The fourth-order valence-electron chi connectivity index (χ4n) is 1.54. The second-order valence-corrected chi connectivity index (χ2v) is 4.41. The molecule has 18 heavy (non-hydrogen) atoms. The molecule has 2 atom stereocenters. The van der Waals surface area contributed by atoms with Crippen LogP contribution in [0.2, 0.25) is 0 Å². The van der Waals surface area contributed by atoms with E-state index in [2.05, 4.69) is 15.9 Å². The first-order chi connectivity index (χ1) is 8.47. The predicted molar refractivity (Wildman–Crippen MR) is 65.2 cm³/mol. The van der Waals surface area contributed by atoms with Gasteiger partial charge in [0.05, 0.1) is 18.5 Å². The largest absolute Gasteiger partial charge is 0.464 e. The molecule has 0 unspecified atom stereocenters. The zero-order chi connectivity index (χ0) is 13.8. The van der Waals surface area contributed by atoms with Crippen molar-refractivity contribution in [2.75, 3.05) is 18.5 Å². The zero-order valence-electron chi connectivity index (χ0n) is 10.6. The van der Waals surface area contributed by atoms with E-state index in [4.69, 9.17) is 18.9 Å². The molecule has 0 aromatic heterocycles. The van der Waals surface area contributed by atoms with E-state index in [-0.39, 0.29) is 13.2 Å². The highest BCUT2D eigenvalue weighted by molar-refractivity contribution is 9.09. The molecule has 7 heteroatoms. The fourth-order valence-corrected chi connectivity index (χ4v) is 1.81. The third-order valence-corrected chi connectivity index (χ3v) is 3.33. The highest BCUT2D eigenvalue weighted by atomic mass is 79.9. The van der Waals surface area contributed by atoms with Gasteiger partial charge >= 0.3 is 11.9 Å². The maximum atomic E-state index is 11.7. The molecule has 1 rings (SSSR count). The smallest absolute Gasteiger partial charge is 0.338 e. The van der Waals surface area contributed by atoms with Crippen LogP contribution in [0.25, 0.3) is 0 Å². The molecule has 1 aliphatic rings. The highest BCUT2D eigenvalue weighted by Gasteiger charge is 2.52. The summed E-state index contributed by atoms with van der Waals surface area (Å²) in [5, 5.41) is 0.325. The lowest BCUT2D eigenvalue weighted by Crippen LogP contribution is -2.39. The number of esters is 2. The van der Waals surface area contributed by atoms with Crippen LogP contribution >= 0.6 is 15.9 Å². The Kier molecular flexibility index (Phi) is 5.55. The number of hydrogen-bond donors (Lipinski definition) is 0. The molecule has 1 fully saturated rings. The van der Waals surface area contributed by atoms with E-state index in [1.165, 1.54) is 0 Å². The van der Waals surface area contributed by atoms with Gasteiger partial charge in [-0.15, -0.1) is 0 Å². The van der Waals surface area contributed by atoms with Crippen LogP contribution in [0.15, 0.2) is 0 Å². The van der Waals surface area contributed by atoms with Crippen molar-refractivity contribution in [1.29, 1.82) is 0 Å². The predicted octanol–water partition coefficient (Wildman–Crippen LogP) is 1.01. The molecule has 0 amide bonds. The van der Waals surface area contributed by atoms with Gasteiger partial charge < -0.3 is 18.9 Å². The van der Waals surface area contributed by atoms with Gasteiger partial charge in [-0.2, -0.15) is 0 Å². The molecule has 0 spiro atoms. The summed E-state index contributed by atoms with van der Waals surface area (Å²) in [4.78, 5) is 23.4. The molecule has 0 saturated carbocycles. The molecule has 6 nitrogen and oxygen atoms in total. The van der Waals surface area contributed by atoms with Gasteiger partial charge in [0.25, 0.3) is 0 Å². The summed E-state index contributed by atoms with van der Waals surface area (Å²) >= 11 is 3.21. The summed E-state index contributed by atoms with van der Waals surface area (Å²) in [6.07, 6.45) is -2.18. The zero-order valence-corrected chi connectivity index (χ0v) is 12.2. The van der Waals surface area contributed by atoms with E-state index in [0.29, 0.717) is 5.33 Å². The Morgan fingerprint density at radius 1 is 1.11 bits per heavy atom. The van der Waals surface area contributed by atoms with Crippen LogP contribution in [0.5, 0.6) is 0 Å². The minimum Gasteiger partial charge on any atom is -0.464 e. The van der Waals surface area contributed by atoms with Crippen molar-refractivity contribution < 1.29 is 28.5 Å². The summed E-state index contributed by atoms with van der Waals surface area (Å²) in [5.41, 5.74) is 0. The molecule has 0 N–H and O–H groups in total. The minimum absolute atomic E-state index is 0.208. The minimum atomic E-state index is -1.09. The quantitative estimate of drug-likeness (QED) is 0.555. The summed E-state index contributed by atoms with van der Waals surface area (Å²) in [7, 11) is 0. The van der Waals surface area contributed by atoms with E-state index < -0.39 is 29.9 Å². The van der Waals surface area contributed by atoms with Crippen molar-refractivity contribution in [2.45, 2.75) is 38.8 Å². The van der Waals surface area contributed by atoms with E-state index in [9.17, 15) is 9.59 Å². The lowest BCUT2D eigenvalue weighted by Gasteiger charge is -2.19. The first kappa shape index (κ1) is 15.4. The van der Waals surface area contributed by atoms with Crippen molar-refractivity contribution in [1.82, 2.24) is 0 Å². The molecule has 104 valence electrons. The molecule has 1 saturated heterocycles. The van der Waals surface area contributed by atoms with Crippen molar-refractivity contribution in [3.63, 3.8) is 0 Å². The number of halogens is 1. The van der Waals surface area contributed by atoms with Crippen LogP contribution in [-0.4, -0.2) is 48.5 Å². The average Bonchev–Trinajstić information content (AvgIpc) is 2.69. The lowest BCUT2D eigenvalue weighted by atomic mass is 10.2. The number of hydrogen-bond acceptors (Lipinski definition) is 6. The van der Waals surface area contributed by atoms with Crippen molar-refractivity contribution in [3.8, 4) is 0 Å². The molecule has 0 aromatic rings. The summed E-state index contributed by atoms with van der Waals surface area (Å²) < 4.78 is 20.6.